The predicted octanol–water partition coefficient (Wildman–Crippen LogP) is 0.474. The quantitative estimate of drug-likeness (QED) is 0.738. The molecule has 2 heterocycles. The fourth-order valence-electron chi connectivity index (χ4n) is 1.35. The van der Waals surface area contributed by atoms with E-state index in [4.69, 9.17) is 5.73 Å². The summed E-state index contributed by atoms with van der Waals surface area (Å²) in [7, 11) is 0. The monoisotopic (exact) mass is 218 g/mol. The van der Waals surface area contributed by atoms with Gasteiger partial charge in [0.1, 0.15) is 0 Å². The van der Waals surface area contributed by atoms with E-state index >= 15 is 0 Å². The van der Waals surface area contributed by atoms with E-state index in [0.29, 0.717) is 12.4 Å². The number of pyridine rings is 1. The predicted molar refractivity (Wildman–Crippen MR) is 59.3 cm³/mol. The Morgan fingerprint density at radius 2 is 2.00 bits per heavy atom. The van der Waals surface area contributed by atoms with Crippen LogP contribution in [0.4, 0.5) is 0 Å². The van der Waals surface area contributed by atoms with E-state index in [-0.39, 0.29) is 0 Å². The highest BCUT2D eigenvalue weighted by atomic mass is 15.6. The molecule has 0 aromatic carbocycles. The minimum atomic E-state index is 0.634. The van der Waals surface area contributed by atoms with Gasteiger partial charge in [-0.2, -0.15) is 4.80 Å². The molecule has 0 bridgehead atoms. The van der Waals surface area contributed by atoms with E-state index < -0.39 is 0 Å². The Morgan fingerprint density at radius 1 is 1.19 bits per heavy atom. The van der Waals surface area contributed by atoms with Crippen molar-refractivity contribution in [3.8, 4) is 11.4 Å². The highest BCUT2D eigenvalue weighted by Gasteiger charge is 2.04. The summed E-state index contributed by atoms with van der Waals surface area (Å²) in [5.74, 6) is 0.634. The number of hydrogen-bond acceptors (Lipinski definition) is 5. The van der Waals surface area contributed by atoms with E-state index in [2.05, 4.69) is 20.4 Å². The summed E-state index contributed by atoms with van der Waals surface area (Å²) in [6.45, 7) is 1.46. The smallest absolute Gasteiger partial charge is 0.205 e. The zero-order valence-corrected chi connectivity index (χ0v) is 8.95. The number of rotatable bonds is 5. The number of unbranched alkanes of at least 4 members (excludes halogenated alkanes) is 1. The SMILES string of the molecule is NCCCCn1nnc(-c2ccncc2)n1. The van der Waals surface area contributed by atoms with Gasteiger partial charge < -0.3 is 5.73 Å². The summed E-state index contributed by atoms with van der Waals surface area (Å²) in [6, 6.07) is 3.72. The molecule has 0 aliphatic carbocycles. The Bertz CT molecular complexity index is 424. The number of aryl methyl sites for hydroxylation is 1. The van der Waals surface area contributed by atoms with Crippen LogP contribution in [-0.2, 0) is 6.54 Å². The second-order valence-electron chi connectivity index (χ2n) is 3.44. The molecular weight excluding hydrogens is 204 g/mol. The van der Waals surface area contributed by atoms with Crippen LogP contribution in [-0.4, -0.2) is 31.7 Å². The van der Waals surface area contributed by atoms with Crippen molar-refractivity contribution in [1.82, 2.24) is 25.2 Å². The van der Waals surface area contributed by atoms with Gasteiger partial charge in [-0.3, -0.25) is 4.98 Å². The molecule has 6 nitrogen and oxygen atoms in total. The van der Waals surface area contributed by atoms with Gasteiger partial charge in [0, 0.05) is 18.0 Å². The Hall–Kier alpha value is -1.82. The lowest BCUT2D eigenvalue weighted by Crippen LogP contribution is -2.05. The summed E-state index contributed by atoms with van der Waals surface area (Å²) in [5, 5.41) is 12.2. The molecule has 0 aliphatic rings. The summed E-state index contributed by atoms with van der Waals surface area (Å²) in [4.78, 5) is 5.54. The summed E-state index contributed by atoms with van der Waals surface area (Å²) < 4.78 is 0. The zero-order chi connectivity index (χ0) is 11.2. The molecule has 0 atom stereocenters. The van der Waals surface area contributed by atoms with Gasteiger partial charge in [0.05, 0.1) is 6.54 Å². The third-order valence-electron chi connectivity index (χ3n) is 2.20. The maximum Gasteiger partial charge on any atom is 0.205 e. The molecule has 6 heteroatoms. The topological polar surface area (TPSA) is 82.5 Å². The van der Waals surface area contributed by atoms with Crippen LogP contribution >= 0.6 is 0 Å². The van der Waals surface area contributed by atoms with Crippen molar-refractivity contribution in [3.05, 3.63) is 24.5 Å². The molecule has 2 aromatic rings. The van der Waals surface area contributed by atoms with E-state index in [1.54, 1.807) is 17.2 Å². The Labute approximate surface area is 93.5 Å². The Kier molecular flexibility index (Phi) is 3.55. The molecule has 2 rings (SSSR count). The van der Waals surface area contributed by atoms with E-state index in [1.165, 1.54) is 0 Å². The highest BCUT2D eigenvalue weighted by molar-refractivity contribution is 5.51. The highest BCUT2D eigenvalue weighted by Crippen LogP contribution is 2.10. The number of nitrogens with two attached hydrogens (primary N) is 1. The van der Waals surface area contributed by atoms with Gasteiger partial charge in [0.2, 0.25) is 5.82 Å². The first-order chi connectivity index (χ1) is 7.90. The largest absolute Gasteiger partial charge is 0.330 e. The van der Waals surface area contributed by atoms with Gasteiger partial charge in [-0.15, -0.1) is 10.2 Å². The van der Waals surface area contributed by atoms with Crippen molar-refractivity contribution in [2.45, 2.75) is 19.4 Å². The second-order valence-corrected chi connectivity index (χ2v) is 3.44. The molecule has 0 spiro atoms. The molecule has 0 saturated heterocycles. The van der Waals surface area contributed by atoms with Crippen molar-refractivity contribution in [3.63, 3.8) is 0 Å². The van der Waals surface area contributed by atoms with Crippen molar-refractivity contribution < 1.29 is 0 Å². The maximum atomic E-state index is 5.42. The first kappa shape index (κ1) is 10.7. The Balaban J connectivity index is 2.02. The first-order valence-corrected chi connectivity index (χ1v) is 5.28. The average molecular weight is 218 g/mol. The lowest BCUT2D eigenvalue weighted by atomic mass is 10.3. The molecule has 0 saturated carbocycles. The zero-order valence-electron chi connectivity index (χ0n) is 8.95. The molecular formula is C10H14N6. The number of tetrazole rings is 1. The van der Waals surface area contributed by atoms with Crippen LogP contribution in [0.2, 0.25) is 0 Å². The summed E-state index contributed by atoms with van der Waals surface area (Å²) in [6.07, 6.45) is 5.38. The third-order valence-corrected chi connectivity index (χ3v) is 2.20. The second kappa shape index (κ2) is 5.32. The van der Waals surface area contributed by atoms with Crippen LogP contribution in [0.5, 0.6) is 0 Å². The number of nitrogens with zero attached hydrogens (tertiary/aromatic N) is 5. The van der Waals surface area contributed by atoms with Crippen LogP contribution in [0, 0.1) is 0 Å². The van der Waals surface area contributed by atoms with Crippen molar-refractivity contribution in [1.29, 1.82) is 0 Å². The van der Waals surface area contributed by atoms with Crippen LogP contribution < -0.4 is 5.73 Å². The van der Waals surface area contributed by atoms with Gasteiger partial charge in [-0.25, -0.2) is 0 Å². The molecule has 2 aromatic heterocycles. The lowest BCUT2D eigenvalue weighted by molar-refractivity contribution is 0.491. The average Bonchev–Trinajstić information content (AvgIpc) is 2.79. The minimum absolute atomic E-state index is 0.634. The van der Waals surface area contributed by atoms with Gasteiger partial charge >= 0.3 is 0 Å². The lowest BCUT2D eigenvalue weighted by Gasteiger charge is -1.96. The molecule has 0 unspecified atom stereocenters. The summed E-state index contributed by atoms with van der Waals surface area (Å²) in [5.41, 5.74) is 6.35. The molecule has 16 heavy (non-hydrogen) atoms. The molecule has 0 radical (unpaired) electrons. The van der Waals surface area contributed by atoms with Crippen LogP contribution in [0.15, 0.2) is 24.5 Å². The van der Waals surface area contributed by atoms with Crippen LogP contribution in [0.1, 0.15) is 12.8 Å². The van der Waals surface area contributed by atoms with Crippen LogP contribution in [0.25, 0.3) is 11.4 Å². The fraction of sp³-hybridized carbons (Fsp3) is 0.400. The van der Waals surface area contributed by atoms with E-state index in [1.807, 2.05) is 12.1 Å². The van der Waals surface area contributed by atoms with Gasteiger partial charge in [0.25, 0.3) is 0 Å². The molecule has 0 fully saturated rings. The standard InChI is InChI=1S/C10H14N6/c11-5-1-2-8-16-14-10(13-15-16)9-3-6-12-7-4-9/h3-4,6-7H,1-2,5,8,11H2. The molecule has 0 amide bonds. The maximum absolute atomic E-state index is 5.42. The van der Waals surface area contributed by atoms with Gasteiger partial charge in [-0.1, -0.05) is 0 Å². The molecule has 0 aliphatic heterocycles. The summed E-state index contributed by atoms with van der Waals surface area (Å²) >= 11 is 0. The molecule has 84 valence electrons. The van der Waals surface area contributed by atoms with Gasteiger partial charge in [-0.05, 0) is 36.7 Å². The van der Waals surface area contributed by atoms with Gasteiger partial charge in [0.15, 0.2) is 0 Å². The van der Waals surface area contributed by atoms with E-state index in [9.17, 15) is 0 Å². The van der Waals surface area contributed by atoms with Crippen molar-refractivity contribution in [2.75, 3.05) is 6.54 Å². The number of hydrogen-bond donors (Lipinski definition) is 1. The minimum Gasteiger partial charge on any atom is -0.330 e. The van der Waals surface area contributed by atoms with E-state index in [0.717, 1.165) is 24.9 Å². The third kappa shape index (κ3) is 2.60. The normalized spacial score (nSPS) is 10.6. The first-order valence-electron chi connectivity index (χ1n) is 5.28. The fourth-order valence-corrected chi connectivity index (χ4v) is 1.35. The molecule has 2 N–H and O–H groups in total. The van der Waals surface area contributed by atoms with Crippen molar-refractivity contribution in [2.24, 2.45) is 5.73 Å². The number of aromatic nitrogens is 5. The Morgan fingerprint density at radius 3 is 2.75 bits per heavy atom. The van der Waals surface area contributed by atoms with Crippen LogP contribution in [0.3, 0.4) is 0 Å². The van der Waals surface area contributed by atoms with Crippen molar-refractivity contribution >= 4 is 0 Å².